The average Bonchev–Trinajstić information content (AvgIpc) is 2.35. The minimum atomic E-state index is -0.475. The molecule has 106 valence electrons. The molecule has 1 amide bonds. The van der Waals surface area contributed by atoms with Crippen molar-refractivity contribution in [2.45, 2.75) is 30.8 Å². The van der Waals surface area contributed by atoms with E-state index >= 15 is 0 Å². The number of halogens is 1. The molecular formula is C14H20ClNO2S. The zero-order valence-electron chi connectivity index (χ0n) is 11.3. The van der Waals surface area contributed by atoms with Gasteiger partial charge in [-0.15, -0.1) is 11.8 Å². The lowest BCUT2D eigenvalue weighted by Gasteiger charge is -2.18. The second-order valence-corrected chi connectivity index (χ2v) is 6.13. The average molecular weight is 302 g/mol. The van der Waals surface area contributed by atoms with E-state index in [4.69, 9.17) is 11.6 Å². The van der Waals surface area contributed by atoms with Gasteiger partial charge in [-0.1, -0.05) is 11.6 Å². The van der Waals surface area contributed by atoms with Crippen LogP contribution in [0.2, 0.25) is 5.02 Å². The number of hydrogen-bond acceptors (Lipinski definition) is 3. The van der Waals surface area contributed by atoms with Crippen molar-refractivity contribution in [1.82, 2.24) is 4.90 Å². The number of nitrogens with zero attached hydrogens (tertiary/aromatic N) is 1. The Morgan fingerprint density at radius 2 is 2.05 bits per heavy atom. The summed E-state index contributed by atoms with van der Waals surface area (Å²) in [7, 11) is 1.72. The largest absolute Gasteiger partial charge is 0.392 e. The highest BCUT2D eigenvalue weighted by molar-refractivity contribution is 7.99. The van der Waals surface area contributed by atoms with E-state index in [2.05, 4.69) is 0 Å². The summed E-state index contributed by atoms with van der Waals surface area (Å²) >= 11 is 7.53. The van der Waals surface area contributed by atoms with E-state index in [1.54, 1.807) is 30.6 Å². The molecular weight excluding hydrogens is 282 g/mol. The Kier molecular flexibility index (Phi) is 7.28. The lowest BCUT2D eigenvalue weighted by atomic mass is 10.3. The van der Waals surface area contributed by atoms with Gasteiger partial charge in [0.25, 0.3) is 0 Å². The Morgan fingerprint density at radius 3 is 2.63 bits per heavy atom. The molecule has 0 heterocycles. The number of likely N-dealkylation sites (N-methyl/N-ethyl adjacent to an activating group) is 1. The lowest BCUT2D eigenvalue weighted by molar-refractivity contribution is -0.131. The third-order valence-corrected chi connectivity index (χ3v) is 3.93. The van der Waals surface area contributed by atoms with Crippen LogP contribution in [0.25, 0.3) is 0 Å². The van der Waals surface area contributed by atoms with Crippen molar-refractivity contribution >= 4 is 29.3 Å². The highest BCUT2D eigenvalue weighted by Crippen LogP contribution is 2.21. The van der Waals surface area contributed by atoms with Gasteiger partial charge in [0.2, 0.25) is 5.91 Å². The molecule has 1 rings (SSSR count). The molecule has 0 saturated carbocycles. The van der Waals surface area contributed by atoms with E-state index in [0.717, 1.165) is 22.1 Å². The molecule has 0 fully saturated rings. The van der Waals surface area contributed by atoms with Gasteiger partial charge < -0.3 is 10.0 Å². The van der Waals surface area contributed by atoms with Crippen LogP contribution in [-0.4, -0.2) is 41.4 Å². The number of aliphatic hydroxyl groups excluding tert-OH is 1. The van der Waals surface area contributed by atoms with Crippen LogP contribution in [0.15, 0.2) is 29.2 Å². The summed E-state index contributed by atoms with van der Waals surface area (Å²) in [6.45, 7) is 2.07. The Bertz CT molecular complexity index is 395. The van der Waals surface area contributed by atoms with Crippen LogP contribution in [0.5, 0.6) is 0 Å². The zero-order valence-corrected chi connectivity index (χ0v) is 12.9. The number of thioether (sulfide) groups is 1. The van der Waals surface area contributed by atoms with E-state index in [9.17, 15) is 9.90 Å². The molecule has 0 aliphatic carbocycles. The molecule has 0 spiro atoms. The van der Waals surface area contributed by atoms with Crippen molar-refractivity contribution in [3.63, 3.8) is 0 Å². The molecule has 1 aromatic rings. The van der Waals surface area contributed by atoms with Crippen molar-refractivity contribution in [2.75, 3.05) is 19.3 Å². The third-order valence-electron chi connectivity index (χ3n) is 2.58. The molecule has 0 aliphatic rings. The quantitative estimate of drug-likeness (QED) is 0.621. The first kappa shape index (κ1) is 16.3. The van der Waals surface area contributed by atoms with E-state index < -0.39 is 6.10 Å². The Morgan fingerprint density at radius 1 is 1.42 bits per heavy atom. The molecule has 1 unspecified atom stereocenters. The van der Waals surface area contributed by atoms with Gasteiger partial charge in [-0.05, 0) is 43.4 Å². The van der Waals surface area contributed by atoms with Crippen molar-refractivity contribution in [3.8, 4) is 0 Å². The first-order chi connectivity index (χ1) is 8.99. The number of carbonyl (C=O) groups excluding carboxylic acids is 1. The van der Waals surface area contributed by atoms with Crippen LogP contribution in [0.3, 0.4) is 0 Å². The van der Waals surface area contributed by atoms with Crippen molar-refractivity contribution in [3.05, 3.63) is 29.3 Å². The fourth-order valence-corrected chi connectivity index (χ4v) is 2.61. The van der Waals surface area contributed by atoms with Crippen molar-refractivity contribution < 1.29 is 9.90 Å². The van der Waals surface area contributed by atoms with E-state index in [0.29, 0.717) is 13.0 Å². The summed E-state index contributed by atoms with van der Waals surface area (Å²) in [6, 6.07) is 7.69. The monoisotopic (exact) mass is 301 g/mol. The van der Waals surface area contributed by atoms with Crippen LogP contribution < -0.4 is 0 Å². The molecule has 0 aliphatic heterocycles. The summed E-state index contributed by atoms with van der Waals surface area (Å²) in [4.78, 5) is 14.5. The maximum Gasteiger partial charge on any atom is 0.222 e. The minimum absolute atomic E-state index is 0.0811. The summed E-state index contributed by atoms with van der Waals surface area (Å²) in [5.41, 5.74) is 0. The predicted molar refractivity (Wildman–Crippen MR) is 80.7 cm³/mol. The standard InChI is InChI=1S/C14H20ClNO2S/c1-11(17)10-16(2)14(18)4-3-9-19-13-7-5-12(15)6-8-13/h5-8,11,17H,3-4,9-10H2,1-2H3. The van der Waals surface area contributed by atoms with Gasteiger partial charge in [0.15, 0.2) is 0 Å². The van der Waals surface area contributed by atoms with Gasteiger partial charge in [0.1, 0.15) is 0 Å². The molecule has 19 heavy (non-hydrogen) atoms. The Hall–Kier alpha value is -0.710. The zero-order chi connectivity index (χ0) is 14.3. The normalized spacial score (nSPS) is 12.2. The van der Waals surface area contributed by atoms with Crippen LogP contribution in [0, 0.1) is 0 Å². The van der Waals surface area contributed by atoms with E-state index in [1.807, 2.05) is 24.3 Å². The molecule has 1 atom stereocenters. The highest BCUT2D eigenvalue weighted by atomic mass is 35.5. The van der Waals surface area contributed by atoms with E-state index in [-0.39, 0.29) is 5.91 Å². The van der Waals surface area contributed by atoms with Gasteiger partial charge in [-0.3, -0.25) is 4.79 Å². The molecule has 0 saturated heterocycles. The van der Waals surface area contributed by atoms with Gasteiger partial charge in [0.05, 0.1) is 6.10 Å². The number of rotatable bonds is 7. The van der Waals surface area contributed by atoms with Crippen LogP contribution in [0.1, 0.15) is 19.8 Å². The van der Waals surface area contributed by atoms with Gasteiger partial charge in [0, 0.05) is 29.9 Å². The Labute approximate surface area is 123 Å². The molecule has 0 radical (unpaired) electrons. The van der Waals surface area contributed by atoms with Gasteiger partial charge >= 0.3 is 0 Å². The summed E-state index contributed by atoms with van der Waals surface area (Å²) < 4.78 is 0. The molecule has 0 bridgehead atoms. The summed E-state index contributed by atoms with van der Waals surface area (Å²) in [5, 5.41) is 9.94. The maximum atomic E-state index is 11.7. The number of carbonyl (C=O) groups is 1. The third kappa shape index (κ3) is 6.85. The molecule has 3 nitrogen and oxygen atoms in total. The first-order valence-corrected chi connectivity index (χ1v) is 7.66. The number of hydrogen-bond donors (Lipinski definition) is 1. The van der Waals surface area contributed by atoms with Gasteiger partial charge in [-0.25, -0.2) is 0 Å². The van der Waals surface area contributed by atoms with Crippen LogP contribution in [-0.2, 0) is 4.79 Å². The molecule has 0 aromatic heterocycles. The van der Waals surface area contributed by atoms with E-state index in [1.165, 1.54) is 0 Å². The molecule has 1 aromatic carbocycles. The van der Waals surface area contributed by atoms with Crippen LogP contribution in [0.4, 0.5) is 0 Å². The highest BCUT2D eigenvalue weighted by Gasteiger charge is 2.10. The number of amides is 1. The second kappa shape index (κ2) is 8.46. The smallest absolute Gasteiger partial charge is 0.222 e. The topological polar surface area (TPSA) is 40.5 Å². The minimum Gasteiger partial charge on any atom is -0.392 e. The van der Waals surface area contributed by atoms with Crippen molar-refractivity contribution in [1.29, 1.82) is 0 Å². The summed E-state index contributed by atoms with van der Waals surface area (Å²) in [5.74, 6) is 0.980. The Balaban J connectivity index is 2.20. The fraction of sp³-hybridized carbons (Fsp3) is 0.500. The molecule has 1 N–H and O–H groups in total. The maximum absolute atomic E-state index is 11.7. The van der Waals surface area contributed by atoms with Crippen LogP contribution >= 0.6 is 23.4 Å². The second-order valence-electron chi connectivity index (χ2n) is 4.53. The predicted octanol–water partition coefficient (Wildman–Crippen LogP) is 3.05. The number of aliphatic hydroxyl groups is 1. The first-order valence-electron chi connectivity index (χ1n) is 6.29. The summed E-state index contributed by atoms with van der Waals surface area (Å²) in [6.07, 6.45) is 0.873. The molecule has 5 heteroatoms. The number of benzene rings is 1. The fourth-order valence-electron chi connectivity index (χ4n) is 1.63. The van der Waals surface area contributed by atoms with Crippen molar-refractivity contribution in [2.24, 2.45) is 0 Å². The lowest BCUT2D eigenvalue weighted by Crippen LogP contribution is -2.32. The van der Waals surface area contributed by atoms with Gasteiger partial charge in [-0.2, -0.15) is 0 Å². The SMILES string of the molecule is CC(O)CN(C)C(=O)CCCSc1ccc(Cl)cc1.